The van der Waals surface area contributed by atoms with E-state index in [0.29, 0.717) is 28.5 Å². The second-order valence-corrected chi connectivity index (χ2v) is 13.2. The highest BCUT2D eigenvalue weighted by Crippen LogP contribution is 2.32. The lowest BCUT2D eigenvalue weighted by Gasteiger charge is -2.04. The van der Waals surface area contributed by atoms with Crippen molar-refractivity contribution >= 4 is 91.3 Å². The first kappa shape index (κ1) is 36.8. The van der Waals surface area contributed by atoms with Crippen molar-refractivity contribution in [3.05, 3.63) is 161 Å². The minimum atomic E-state index is -1.46. The fourth-order valence-corrected chi connectivity index (χ4v) is 6.53. The van der Waals surface area contributed by atoms with Gasteiger partial charge in [-0.25, -0.2) is 4.98 Å². The predicted molar refractivity (Wildman–Crippen MR) is 222 cm³/mol. The second kappa shape index (κ2) is 16.3. The Morgan fingerprint density at radius 3 is 1.32 bits per heavy atom. The molecule has 10 aromatic rings. The maximum Gasteiger partial charge on any atom is 0.488 e. The van der Waals surface area contributed by atoms with E-state index in [1.807, 2.05) is 133 Å². The van der Waals surface area contributed by atoms with E-state index in [0.717, 1.165) is 55.0 Å². The molecule has 272 valence electrons. The zero-order valence-corrected chi connectivity index (χ0v) is 31.2. The van der Waals surface area contributed by atoms with Gasteiger partial charge in [0.25, 0.3) is 0 Å². The van der Waals surface area contributed by atoms with Gasteiger partial charge in [-0.1, -0.05) is 115 Å². The van der Waals surface area contributed by atoms with Gasteiger partial charge in [-0.15, -0.1) is 0 Å². The fraction of sp³-hybridized carbons (Fsp3) is 0. The van der Waals surface area contributed by atoms with Crippen LogP contribution in [0.3, 0.4) is 0 Å². The number of nitrogens with zero attached hydrogens (tertiary/aromatic N) is 6. The minimum absolute atomic E-state index is 0.101. The molecule has 0 spiro atoms. The molecule has 0 saturated heterocycles. The molecule has 10 nitrogen and oxygen atoms in total. The van der Waals surface area contributed by atoms with Crippen LogP contribution in [0.5, 0.6) is 0 Å². The van der Waals surface area contributed by atoms with Crippen LogP contribution in [0, 0.1) is 0 Å². The number of rotatable bonds is 4. The van der Waals surface area contributed by atoms with Crippen molar-refractivity contribution in [1.29, 1.82) is 0 Å². The van der Waals surface area contributed by atoms with E-state index in [2.05, 4.69) is 29.9 Å². The summed E-state index contributed by atoms with van der Waals surface area (Å²) in [5, 5.41) is 22.7. The summed E-state index contributed by atoms with van der Waals surface area (Å²) < 4.78 is 11.6. The van der Waals surface area contributed by atoms with Crippen LogP contribution in [0.2, 0.25) is 15.9 Å². The van der Waals surface area contributed by atoms with Gasteiger partial charge in [0, 0.05) is 38.2 Å². The average Bonchev–Trinajstić information content (AvgIpc) is 3.79. The third-order valence-corrected chi connectivity index (χ3v) is 9.10. The molecule has 0 aliphatic rings. The third-order valence-electron chi connectivity index (χ3n) is 8.59. The Morgan fingerprint density at radius 1 is 0.375 bits per heavy atom. The molecule has 0 aliphatic carbocycles. The molecule has 0 aliphatic heterocycles. The van der Waals surface area contributed by atoms with Crippen molar-refractivity contribution in [2.45, 2.75) is 0 Å². The van der Waals surface area contributed by atoms with Crippen LogP contribution in [-0.4, -0.2) is 47.1 Å². The van der Waals surface area contributed by atoms with Gasteiger partial charge in [-0.05, 0) is 70.6 Å². The summed E-state index contributed by atoms with van der Waals surface area (Å²) in [6.07, 6.45) is 0. The maximum absolute atomic E-state index is 9.07. The lowest BCUT2D eigenvalue weighted by Crippen LogP contribution is -2.29. The van der Waals surface area contributed by atoms with Gasteiger partial charge in [-0.3, -0.25) is 0 Å². The van der Waals surface area contributed by atoms with Crippen molar-refractivity contribution in [1.82, 2.24) is 29.9 Å². The summed E-state index contributed by atoms with van der Waals surface area (Å²) in [6.45, 7) is 0. The Labute approximate surface area is 334 Å². The minimum Gasteiger partial charge on any atom is -0.456 e. The molecule has 6 aromatic carbocycles. The van der Waals surface area contributed by atoms with E-state index in [4.69, 9.17) is 53.7 Å². The first-order chi connectivity index (χ1) is 27.3. The van der Waals surface area contributed by atoms with Crippen LogP contribution in [-0.2, 0) is 0 Å². The van der Waals surface area contributed by atoms with Gasteiger partial charge in [0.2, 0.25) is 15.9 Å². The smallest absolute Gasteiger partial charge is 0.456 e. The number of aromatic nitrogens is 6. The van der Waals surface area contributed by atoms with Crippen LogP contribution in [0.15, 0.2) is 154 Å². The number of halogens is 3. The van der Waals surface area contributed by atoms with Gasteiger partial charge in [0.15, 0.2) is 17.5 Å². The van der Waals surface area contributed by atoms with Crippen molar-refractivity contribution in [3.8, 4) is 34.2 Å². The second-order valence-electron chi connectivity index (χ2n) is 12.2. The molecule has 0 fully saturated rings. The molecule has 0 bridgehead atoms. The highest BCUT2D eigenvalue weighted by atomic mass is 35.5. The first-order valence-electron chi connectivity index (χ1n) is 17.1. The maximum atomic E-state index is 9.07. The van der Waals surface area contributed by atoms with Crippen molar-refractivity contribution in [3.63, 3.8) is 0 Å². The molecule has 14 heteroatoms. The fourth-order valence-electron chi connectivity index (χ4n) is 6.01. The number of benzene rings is 6. The van der Waals surface area contributed by atoms with Crippen LogP contribution < -0.4 is 5.46 Å². The molecule has 0 atom stereocenters. The topological polar surface area (TPSA) is 144 Å². The third kappa shape index (κ3) is 8.08. The number of para-hydroxylation sites is 2. The van der Waals surface area contributed by atoms with E-state index >= 15 is 0 Å². The molecule has 0 unspecified atom stereocenters. The van der Waals surface area contributed by atoms with Crippen molar-refractivity contribution in [2.75, 3.05) is 0 Å². The van der Waals surface area contributed by atoms with Crippen LogP contribution in [0.4, 0.5) is 0 Å². The van der Waals surface area contributed by atoms with Gasteiger partial charge in [0.05, 0.1) is 0 Å². The Bertz CT molecular complexity index is 2950. The van der Waals surface area contributed by atoms with Gasteiger partial charge < -0.3 is 18.9 Å². The molecule has 56 heavy (non-hydrogen) atoms. The number of hydrogen-bond acceptors (Lipinski definition) is 10. The number of hydrogen-bond donors (Lipinski definition) is 2. The van der Waals surface area contributed by atoms with Gasteiger partial charge in [0.1, 0.15) is 22.3 Å². The normalized spacial score (nSPS) is 10.9. The molecular weight excluding hydrogens is 770 g/mol. The number of fused-ring (bicyclic) bond motifs is 6. The first-order valence-corrected chi connectivity index (χ1v) is 18.2. The Kier molecular flexibility index (Phi) is 10.7. The average molecular weight is 796 g/mol. The largest absolute Gasteiger partial charge is 0.488 e. The van der Waals surface area contributed by atoms with E-state index < -0.39 is 7.12 Å². The standard InChI is InChI=1S/C21H12ClN3O.C12H9BO3.C9H5Cl2N3/c22-21-24-19(13-6-2-1-3-7-13)23-20(25-21)14-10-11-16-15-8-4-5-9-17(15)26-18(16)12-14;14-13(15)8-5-6-10-9-3-1-2-4-11(9)16-12(10)7-8;10-8-12-7(13-9(11)14-8)6-4-2-1-3-5-6/h1-12H;1-7,14-15H;1-5H. The van der Waals surface area contributed by atoms with Crippen LogP contribution in [0.25, 0.3) is 78.0 Å². The quantitative estimate of drug-likeness (QED) is 0.165. The lowest BCUT2D eigenvalue weighted by molar-refractivity contribution is 0.425. The van der Waals surface area contributed by atoms with Crippen LogP contribution in [0.1, 0.15) is 0 Å². The SMILES string of the molecule is Clc1nc(-c2ccccc2)nc(-c2ccc3c(c2)oc2ccccc23)n1.Clc1nc(Cl)nc(-c2ccccc2)n1.OB(O)c1ccc2c(c1)oc1ccccc12. The van der Waals surface area contributed by atoms with Crippen molar-refractivity contribution < 1.29 is 18.9 Å². The number of furan rings is 2. The lowest BCUT2D eigenvalue weighted by atomic mass is 9.80. The van der Waals surface area contributed by atoms with E-state index in [1.165, 1.54) is 0 Å². The molecular formula is C42H26BCl3N6O4. The van der Waals surface area contributed by atoms with E-state index in [9.17, 15) is 0 Å². The molecule has 4 aromatic heterocycles. The molecule has 10 rings (SSSR count). The molecule has 0 saturated carbocycles. The van der Waals surface area contributed by atoms with Gasteiger partial charge in [-0.2, -0.15) is 24.9 Å². The summed E-state index contributed by atoms with van der Waals surface area (Å²) in [4.78, 5) is 24.7. The Morgan fingerprint density at radius 2 is 0.786 bits per heavy atom. The summed E-state index contributed by atoms with van der Waals surface area (Å²) in [5.41, 5.74) is 6.15. The Balaban J connectivity index is 0.000000126. The summed E-state index contributed by atoms with van der Waals surface area (Å²) in [7, 11) is -1.46. The summed E-state index contributed by atoms with van der Waals surface area (Å²) >= 11 is 17.5. The summed E-state index contributed by atoms with van der Waals surface area (Å²) in [6, 6.07) is 46.0. The molecule has 0 radical (unpaired) electrons. The highest BCUT2D eigenvalue weighted by Gasteiger charge is 2.15. The molecule has 0 amide bonds. The van der Waals surface area contributed by atoms with Gasteiger partial charge >= 0.3 is 7.12 Å². The highest BCUT2D eigenvalue weighted by molar-refractivity contribution is 6.59. The molecule has 4 heterocycles. The van der Waals surface area contributed by atoms with E-state index in [-0.39, 0.29) is 15.9 Å². The summed E-state index contributed by atoms with van der Waals surface area (Å²) in [5.74, 6) is 1.55. The molecule has 2 N–H and O–H groups in total. The monoisotopic (exact) mass is 794 g/mol. The van der Waals surface area contributed by atoms with Crippen LogP contribution >= 0.6 is 34.8 Å². The zero-order valence-electron chi connectivity index (χ0n) is 29.0. The van der Waals surface area contributed by atoms with E-state index in [1.54, 1.807) is 12.1 Å². The predicted octanol–water partition coefficient (Wildman–Crippen LogP) is 9.87. The van der Waals surface area contributed by atoms with Crippen molar-refractivity contribution in [2.24, 2.45) is 0 Å². The Hall–Kier alpha value is -6.21. The zero-order chi connectivity index (χ0) is 38.6.